The third-order valence-electron chi connectivity index (χ3n) is 2.06. The summed E-state index contributed by atoms with van der Waals surface area (Å²) in [5.41, 5.74) is 0. The number of hydrogen-bond acceptors (Lipinski definition) is 2. The molecule has 0 N–H and O–H groups in total. The number of piperidine rings is 1. The standard InChI is InChI=1S/C10H15NO2/c1-3-9(2)13-10(12)11-7-5-4-6-8-11/h3H,1-2,4-8H2. The first-order chi connectivity index (χ1) is 6.24. The van der Waals surface area contributed by atoms with Crippen molar-refractivity contribution in [3.63, 3.8) is 0 Å². The largest absolute Gasteiger partial charge is 0.415 e. The molecule has 0 radical (unpaired) electrons. The van der Waals surface area contributed by atoms with Gasteiger partial charge in [0.05, 0.1) is 0 Å². The van der Waals surface area contributed by atoms with Crippen molar-refractivity contribution in [1.82, 2.24) is 4.90 Å². The number of carbonyl (C=O) groups is 1. The maximum atomic E-state index is 11.4. The molecular formula is C10H15NO2. The van der Waals surface area contributed by atoms with Crippen LogP contribution in [0, 0.1) is 0 Å². The molecule has 3 heteroatoms. The fourth-order valence-corrected chi connectivity index (χ4v) is 1.29. The van der Waals surface area contributed by atoms with E-state index >= 15 is 0 Å². The van der Waals surface area contributed by atoms with Crippen LogP contribution < -0.4 is 0 Å². The highest BCUT2D eigenvalue weighted by atomic mass is 16.6. The molecule has 1 heterocycles. The van der Waals surface area contributed by atoms with Crippen molar-refractivity contribution < 1.29 is 9.53 Å². The zero-order valence-electron chi connectivity index (χ0n) is 7.79. The highest BCUT2D eigenvalue weighted by molar-refractivity contribution is 5.69. The molecule has 1 aliphatic heterocycles. The Bertz CT molecular complexity index is 217. The van der Waals surface area contributed by atoms with E-state index in [1.807, 2.05) is 0 Å². The summed E-state index contributed by atoms with van der Waals surface area (Å²) in [7, 11) is 0. The summed E-state index contributed by atoms with van der Waals surface area (Å²) in [5, 5.41) is 0. The molecule has 1 aliphatic rings. The van der Waals surface area contributed by atoms with Gasteiger partial charge in [-0.05, 0) is 25.3 Å². The number of nitrogens with zero attached hydrogens (tertiary/aromatic N) is 1. The molecule has 0 unspecified atom stereocenters. The smallest absolute Gasteiger partial charge is 0.411 e. The Hall–Kier alpha value is -1.25. The summed E-state index contributed by atoms with van der Waals surface area (Å²) in [6, 6.07) is 0. The predicted octanol–water partition coefficient (Wildman–Crippen LogP) is 2.31. The summed E-state index contributed by atoms with van der Waals surface area (Å²) < 4.78 is 4.91. The van der Waals surface area contributed by atoms with E-state index in [1.54, 1.807) is 4.90 Å². The molecule has 1 rings (SSSR count). The molecule has 1 amide bonds. The van der Waals surface area contributed by atoms with Gasteiger partial charge in [-0.3, -0.25) is 0 Å². The first-order valence-electron chi connectivity index (χ1n) is 4.52. The number of rotatable bonds is 2. The maximum Gasteiger partial charge on any atom is 0.415 e. The van der Waals surface area contributed by atoms with Crippen LogP contribution in [0.5, 0.6) is 0 Å². The second-order valence-electron chi connectivity index (χ2n) is 3.09. The van der Waals surface area contributed by atoms with Crippen LogP contribution in [0.15, 0.2) is 25.0 Å². The Labute approximate surface area is 78.7 Å². The topological polar surface area (TPSA) is 29.5 Å². The average molecular weight is 181 g/mol. The number of hydrogen-bond donors (Lipinski definition) is 0. The summed E-state index contributed by atoms with van der Waals surface area (Å²) in [5.74, 6) is 0.315. The van der Waals surface area contributed by atoms with Gasteiger partial charge in [0.2, 0.25) is 0 Å². The van der Waals surface area contributed by atoms with Crippen molar-refractivity contribution in [2.24, 2.45) is 0 Å². The lowest BCUT2D eigenvalue weighted by Gasteiger charge is -2.25. The first kappa shape index (κ1) is 9.84. The van der Waals surface area contributed by atoms with Crippen molar-refractivity contribution >= 4 is 6.09 Å². The lowest BCUT2D eigenvalue weighted by molar-refractivity contribution is 0.123. The molecule has 72 valence electrons. The number of ether oxygens (including phenoxy) is 1. The van der Waals surface area contributed by atoms with Gasteiger partial charge in [-0.15, -0.1) is 0 Å². The highest BCUT2D eigenvalue weighted by Crippen LogP contribution is 2.11. The van der Waals surface area contributed by atoms with Gasteiger partial charge >= 0.3 is 6.09 Å². The summed E-state index contributed by atoms with van der Waals surface area (Å²) >= 11 is 0. The first-order valence-corrected chi connectivity index (χ1v) is 4.52. The van der Waals surface area contributed by atoms with Crippen LogP contribution >= 0.6 is 0 Å². The number of carbonyl (C=O) groups excluding carboxylic acids is 1. The van der Waals surface area contributed by atoms with E-state index in [-0.39, 0.29) is 6.09 Å². The number of allylic oxidation sites excluding steroid dienone is 1. The Balaban J connectivity index is 2.37. The Morgan fingerprint density at radius 2 is 1.92 bits per heavy atom. The highest BCUT2D eigenvalue weighted by Gasteiger charge is 2.17. The summed E-state index contributed by atoms with van der Waals surface area (Å²) in [6.45, 7) is 8.57. The van der Waals surface area contributed by atoms with Crippen molar-refractivity contribution in [2.75, 3.05) is 13.1 Å². The van der Waals surface area contributed by atoms with Gasteiger partial charge in [0.1, 0.15) is 5.76 Å². The van der Waals surface area contributed by atoms with Crippen LogP contribution in [0.4, 0.5) is 4.79 Å². The number of likely N-dealkylation sites (tertiary alicyclic amines) is 1. The molecule has 0 saturated carbocycles. The summed E-state index contributed by atoms with van der Waals surface area (Å²) in [4.78, 5) is 13.1. The lowest BCUT2D eigenvalue weighted by Crippen LogP contribution is -2.35. The number of amides is 1. The third kappa shape index (κ3) is 2.93. The quantitative estimate of drug-likeness (QED) is 0.483. The SMILES string of the molecule is C=CC(=C)OC(=O)N1CCCCC1. The van der Waals surface area contributed by atoms with Gasteiger partial charge in [-0.2, -0.15) is 0 Å². The van der Waals surface area contributed by atoms with Crippen LogP contribution in [-0.2, 0) is 4.74 Å². The van der Waals surface area contributed by atoms with E-state index in [1.165, 1.54) is 12.5 Å². The third-order valence-corrected chi connectivity index (χ3v) is 2.06. The molecule has 0 aromatic heterocycles. The normalized spacial score (nSPS) is 16.5. The molecule has 13 heavy (non-hydrogen) atoms. The maximum absolute atomic E-state index is 11.4. The predicted molar refractivity (Wildman–Crippen MR) is 51.2 cm³/mol. The molecule has 3 nitrogen and oxygen atoms in total. The van der Waals surface area contributed by atoms with E-state index in [2.05, 4.69) is 13.2 Å². The molecule has 1 fully saturated rings. The van der Waals surface area contributed by atoms with Crippen LogP contribution in [0.2, 0.25) is 0 Å². The fourth-order valence-electron chi connectivity index (χ4n) is 1.29. The van der Waals surface area contributed by atoms with Crippen LogP contribution in [0.3, 0.4) is 0 Å². The van der Waals surface area contributed by atoms with Gasteiger partial charge in [-0.25, -0.2) is 4.79 Å². The molecule has 0 spiro atoms. The van der Waals surface area contributed by atoms with Crippen LogP contribution in [0.1, 0.15) is 19.3 Å². The second-order valence-corrected chi connectivity index (χ2v) is 3.09. The van der Waals surface area contributed by atoms with E-state index in [9.17, 15) is 4.79 Å². The van der Waals surface area contributed by atoms with Crippen molar-refractivity contribution in [3.8, 4) is 0 Å². The van der Waals surface area contributed by atoms with E-state index in [4.69, 9.17) is 4.74 Å². The van der Waals surface area contributed by atoms with E-state index < -0.39 is 0 Å². The van der Waals surface area contributed by atoms with Crippen molar-refractivity contribution in [1.29, 1.82) is 0 Å². The van der Waals surface area contributed by atoms with Gasteiger partial charge in [0, 0.05) is 13.1 Å². The molecule has 1 saturated heterocycles. The second kappa shape index (κ2) is 4.70. The molecule has 0 bridgehead atoms. The Morgan fingerprint density at radius 1 is 1.31 bits per heavy atom. The lowest BCUT2D eigenvalue weighted by atomic mass is 10.1. The van der Waals surface area contributed by atoms with Crippen LogP contribution in [0.25, 0.3) is 0 Å². The van der Waals surface area contributed by atoms with E-state index in [0.717, 1.165) is 25.9 Å². The Kier molecular flexibility index (Phi) is 3.55. The average Bonchev–Trinajstić information content (AvgIpc) is 2.19. The molecule has 0 aromatic carbocycles. The van der Waals surface area contributed by atoms with Gasteiger partial charge in [-0.1, -0.05) is 13.2 Å². The summed E-state index contributed by atoms with van der Waals surface area (Å²) in [6.07, 6.45) is 4.46. The zero-order valence-corrected chi connectivity index (χ0v) is 7.79. The minimum absolute atomic E-state index is 0.301. The fraction of sp³-hybridized carbons (Fsp3) is 0.500. The molecule has 0 aliphatic carbocycles. The minimum atomic E-state index is -0.301. The van der Waals surface area contributed by atoms with Gasteiger partial charge < -0.3 is 9.64 Å². The zero-order chi connectivity index (χ0) is 9.68. The van der Waals surface area contributed by atoms with E-state index in [0.29, 0.717) is 5.76 Å². The molecular weight excluding hydrogens is 166 g/mol. The molecule has 0 aromatic rings. The van der Waals surface area contributed by atoms with Crippen molar-refractivity contribution in [2.45, 2.75) is 19.3 Å². The Morgan fingerprint density at radius 3 is 2.46 bits per heavy atom. The van der Waals surface area contributed by atoms with Crippen molar-refractivity contribution in [3.05, 3.63) is 25.0 Å². The monoisotopic (exact) mass is 181 g/mol. The molecule has 0 atom stereocenters. The van der Waals surface area contributed by atoms with Gasteiger partial charge in [0.25, 0.3) is 0 Å². The van der Waals surface area contributed by atoms with Crippen LogP contribution in [-0.4, -0.2) is 24.1 Å². The minimum Gasteiger partial charge on any atom is -0.411 e. The van der Waals surface area contributed by atoms with Gasteiger partial charge in [0.15, 0.2) is 0 Å².